The molecule has 0 fully saturated rings. The van der Waals surface area contributed by atoms with Crippen LogP contribution in [0.1, 0.15) is 62.7 Å². The van der Waals surface area contributed by atoms with Gasteiger partial charge in [0.2, 0.25) is 0 Å². The summed E-state index contributed by atoms with van der Waals surface area (Å²) in [6.45, 7) is 2.79. The van der Waals surface area contributed by atoms with E-state index in [0.29, 0.717) is 6.61 Å². The first-order valence-electron chi connectivity index (χ1n) is 8.74. The third-order valence-corrected chi connectivity index (χ3v) is 4.09. The molecule has 0 saturated carbocycles. The van der Waals surface area contributed by atoms with Gasteiger partial charge in [-0.25, -0.2) is 0 Å². The smallest absolute Gasteiger partial charge is 0.119 e. The number of aliphatic hydroxyl groups is 1. The number of ether oxygens (including phenoxy) is 1. The Labute approximate surface area is 140 Å². The predicted molar refractivity (Wildman–Crippen MR) is 95.6 cm³/mol. The van der Waals surface area contributed by atoms with Crippen LogP contribution in [0.5, 0.6) is 5.75 Å². The minimum absolute atomic E-state index is 0.361. The largest absolute Gasteiger partial charge is 0.489 e. The van der Waals surface area contributed by atoms with E-state index in [-0.39, 0.29) is 6.10 Å². The fraction of sp³-hybridized carbons (Fsp3) is 0.429. The molecule has 2 heteroatoms. The lowest BCUT2D eigenvalue weighted by Gasteiger charge is -2.12. The summed E-state index contributed by atoms with van der Waals surface area (Å²) in [5.74, 6) is 0.841. The van der Waals surface area contributed by atoms with Crippen molar-refractivity contribution in [2.75, 3.05) is 0 Å². The Morgan fingerprint density at radius 3 is 2.26 bits per heavy atom. The highest BCUT2D eigenvalue weighted by atomic mass is 16.5. The van der Waals surface area contributed by atoms with Crippen LogP contribution in [0.4, 0.5) is 0 Å². The maximum absolute atomic E-state index is 10.2. The Morgan fingerprint density at radius 1 is 0.870 bits per heavy atom. The monoisotopic (exact) mass is 312 g/mol. The van der Waals surface area contributed by atoms with Gasteiger partial charge < -0.3 is 9.84 Å². The number of hydrogen-bond donors (Lipinski definition) is 1. The normalized spacial score (nSPS) is 12.1. The van der Waals surface area contributed by atoms with Gasteiger partial charge in [0, 0.05) is 0 Å². The lowest BCUT2D eigenvalue weighted by Crippen LogP contribution is -1.99. The first-order valence-corrected chi connectivity index (χ1v) is 8.74. The second-order valence-corrected chi connectivity index (χ2v) is 6.06. The first-order chi connectivity index (χ1) is 11.3. The van der Waals surface area contributed by atoms with Crippen molar-refractivity contribution in [3.63, 3.8) is 0 Å². The summed E-state index contributed by atoms with van der Waals surface area (Å²) in [4.78, 5) is 0. The number of unbranched alkanes of at least 4 members (excludes halogenated alkanes) is 4. The summed E-state index contributed by atoms with van der Waals surface area (Å²) in [6.07, 6.45) is 6.61. The van der Waals surface area contributed by atoms with Crippen molar-refractivity contribution in [1.29, 1.82) is 0 Å². The zero-order valence-corrected chi connectivity index (χ0v) is 14.1. The van der Waals surface area contributed by atoms with Crippen LogP contribution in [0.25, 0.3) is 0 Å². The van der Waals surface area contributed by atoms with Crippen molar-refractivity contribution in [3.8, 4) is 5.75 Å². The van der Waals surface area contributed by atoms with Crippen LogP contribution in [0.2, 0.25) is 0 Å². The summed E-state index contributed by atoms with van der Waals surface area (Å²) >= 11 is 0. The van der Waals surface area contributed by atoms with Crippen molar-refractivity contribution < 1.29 is 9.84 Å². The number of aliphatic hydroxyl groups excluding tert-OH is 1. The van der Waals surface area contributed by atoms with Gasteiger partial charge in [-0.05, 0) is 29.7 Å². The molecule has 2 nitrogen and oxygen atoms in total. The molecule has 0 aliphatic rings. The van der Waals surface area contributed by atoms with Crippen LogP contribution in [-0.4, -0.2) is 5.11 Å². The molecule has 2 aromatic rings. The van der Waals surface area contributed by atoms with Gasteiger partial charge in [-0.15, -0.1) is 0 Å². The molecule has 0 spiro atoms. The topological polar surface area (TPSA) is 29.5 Å². The van der Waals surface area contributed by atoms with Crippen molar-refractivity contribution in [1.82, 2.24) is 0 Å². The number of benzene rings is 2. The van der Waals surface area contributed by atoms with E-state index < -0.39 is 0 Å². The highest BCUT2D eigenvalue weighted by molar-refractivity contribution is 5.29. The Morgan fingerprint density at radius 2 is 1.57 bits per heavy atom. The van der Waals surface area contributed by atoms with Gasteiger partial charge >= 0.3 is 0 Å². The fourth-order valence-electron chi connectivity index (χ4n) is 2.64. The third-order valence-electron chi connectivity index (χ3n) is 4.09. The number of hydrogen-bond acceptors (Lipinski definition) is 2. The highest BCUT2D eigenvalue weighted by Gasteiger charge is 2.07. The van der Waals surface area contributed by atoms with Crippen LogP contribution in [-0.2, 0) is 6.61 Å². The van der Waals surface area contributed by atoms with Crippen molar-refractivity contribution in [2.24, 2.45) is 0 Å². The van der Waals surface area contributed by atoms with Crippen molar-refractivity contribution in [2.45, 2.75) is 58.2 Å². The fourth-order valence-corrected chi connectivity index (χ4v) is 2.64. The molecule has 1 unspecified atom stereocenters. The second-order valence-electron chi connectivity index (χ2n) is 6.06. The molecular formula is C21H28O2. The molecule has 0 aromatic heterocycles. The maximum atomic E-state index is 10.2. The predicted octanol–water partition coefficient (Wildman–Crippen LogP) is 5.66. The standard InChI is InChI=1S/C21H28O2/c1-2-3-4-5-9-12-21(22)19-13-15-20(16-14-19)23-17-18-10-7-6-8-11-18/h6-8,10-11,13-16,21-22H,2-5,9,12,17H2,1H3. The molecule has 2 rings (SSSR count). The molecule has 1 atom stereocenters. The summed E-state index contributed by atoms with van der Waals surface area (Å²) in [7, 11) is 0. The minimum atomic E-state index is -0.361. The molecule has 0 saturated heterocycles. The SMILES string of the molecule is CCCCCCCC(O)c1ccc(OCc2ccccc2)cc1. The Kier molecular flexibility index (Phi) is 7.68. The summed E-state index contributed by atoms with van der Waals surface area (Å²) in [5.41, 5.74) is 2.14. The van der Waals surface area contributed by atoms with Crippen LogP contribution < -0.4 is 4.74 Å². The van der Waals surface area contributed by atoms with Gasteiger partial charge in [0.05, 0.1) is 6.10 Å². The molecular weight excluding hydrogens is 284 g/mol. The quantitative estimate of drug-likeness (QED) is 0.574. The maximum Gasteiger partial charge on any atom is 0.119 e. The minimum Gasteiger partial charge on any atom is -0.489 e. The van der Waals surface area contributed by atoms with Crippen LogP contribution in [0.3, 0.4) is 0 Å². The van der Waals surface area contributed by atoms with Crippen molar-refractivity contribution in [3.05, 3.63) is 65.7 Å². The van der Waals surface area contributed by atoms with Gasteiger partial charge in [-0.1, -0.05) is 81.5 Å². The molecule has 0 heterocycles. The summed E-state index contributed by atoms with van der Waals surface area (Å²) in [6, 6.07) is 18.0. The van der Waals surface area contributed by atoms with E-state index >= 15 is 0 Å². The van der Waals surface area contributed by atoms with E-state index in [2.05, 4.69) is 19.1 Å². The summed E-state index contributed by atoms with van der Waals surface area (Å²) in [5, 5.41) is 10.2. The van der Waals surface area contributed by atoms with Gasteiger partial charge in [0.25, 0.3) is 0 Å². The van der Waals surface area contributed by atoms with Gasteiger partial charge in [0.15, 0.2) is 0 Å². The summed E-state index contributed by atoms with van der Waals surface area (Å²) < 4.78 is 5.77. The van der Waals surface area contributed by atoms with Crippen LogP contribution in [0.15, 0.2) is 54.6 Å². The van der Waals surface area contributed by atoms with Gasteiger partial charge in [-0.3, -0.25) is 0 Å². The first kappa shape index (κ1) is 17.6. The van der Waals surface area contributed by atoms with E-state index in [1.807, 2.05) is 42.5 Å². The second kappa shape index (κ2) is 10.1. The Balaban J connectivity index is 1.75. The van der Waals surface area contributed by atoms with E-state index in [1.54, 1.807) is 0 Å². The molecule has 2 aromatic carbocycles. The Hall–Kier alpha value is -1.80. The number of rotatable bonds is 10. The molecule has 0 aliphatic heterocycles. The van der Waals surface area contributed by atoms with Crippen molar-refractivity contribution >= 4 is 0 Å². The van der Waals surface area contributed by atoms with E-state index in [0.717, 1.165) is 29.7 Å². The average molecular weight is 312 g/mol. The molecule has 23 heavy (non-hydrogen) atoms. The van der Waals surface area contributed by atoms with Gasteiger partial charge in [-0.2, -0.15) is 0 Å². The highest BCUT2D eigenvalue weighted by Crippen LogP contribution is 2.23. The third kappa shape index (κ3) is 6.45. The molecule has 0 bridgehead atoms. The average Bonchev–Trinajstić information content (AvgIpc) is 2.61. The molecule has 0 radical (unpaired) electrons. The van der Waals surface area contributed by atoms with Gasteiger partial charge in [0.1, 0.15) is 12.4 Å². The van der Waals surface area contributed by atoms with Crippen LogP contribution in [0, 0.1) is 0 Å². The molecule has 0 amide bonds. The zero-order chi connectivity index (χ0) is 16.3. The van der Waals surface area contributed by atoms with E-state index in [4.69, 9.17) is 4.74 Å². The molecule has 124 valence electrons. The molecule has 0 aliphatic carbocycles. The van der Waals surface area contributed by atoms with Crippen LogP contribution >= 0.6 is 0 Å². The van der Waals surface area contributed by atoms with E-state index in [1.165, 1.54) is 25.7 Å². The van der Waals surface area contributed by atoms with E-state index in [9.17, 15) is 5.11 Å². The Bertz CT molecular complexity index is 534. The molecule has 1 N–H and O–H groups in total. The lowest BCUT2D eigenvalue weighted by atomic mass is 10.0. The zero-order valence-electron chi connectivity index (χ0n) is 14.1. The lowest BCUT2D eigenvalue weighted by molar-refractivity contribution is 0.163.